The second-order valence-corrected chi connectivity index (χ2v) is 6.81. The Morgan fingerprint density at radius 3 is 2.96 bits per heavy atom. The van der Waals surface area contributed by atoms with Crippen LogP contribution in [0.1, 0.15) is 25.5 Å². The number of carbonyl (C=O) groups is 2. The number of carboxylic acid groups (broad SMARTS) is 1. The molecule has 0 spiro atoms. The van der Waals surface area contributed by atoms with E-state index < -0.39 is 11.9 Å². The van der Waals surface area contributed by atoms with Crippen molar-refractivity contribution in [3.8, 4) is 11.4 Å². The van der Waals surface area contributed by atoms with Gasteiger partial charge in [0.05, 0.1) is 5.92 Å². The molecule has 1 aromatic carbocycles. The van der Waals surface area contributed by atoms with Gasteiger partial charge >= 0.3 is 12.0 Å². The first-order chi connectivity index (χ1) is 12.5. The van der Waals surface area contributed by atoms with Gasteiger partial charge in [0.2, 0.25) is 0 Å². The normalized spacial score (nSPS) is 14.4. The smallest absolute Gasteiger partial charge is 0.321 e. The minimum Gasteiger partial charge on any atom is -0.481 e. The van der Waals surface area contributed by atoms with Crippen LogP contribution in [0.2, 0.25) is 0 Å². The minimum absolute atomic E-state index is 0.147. The molecule has 2 aromatic rings. The summed E-state index contributed by atoms with van der Waals surface area (Å²) in [5.41, 5.74) is 2.87. The van der Waals surface area contributed by atoms with Crippen molar-refractivity contribution in [1.82, 2.24) is 14.5 Å². The Morgan fingerprint density at radius 2 is 2.19 bits per heavy atom. The van der Waals surface area contributed by atoms with E-state index in [0.717, 1.165) is 30.8 Å². The van der Waals surface area contributed by atoms with E-state index in [9.17, 15) is 9.59 Å². The highest BCUT2D eigenvalue weighted by Gasteiger charge is 2.18. The number of fused-ring (bicyclic) bond motifs is 1. The zero-order chi connectivity index (χ0) is 18.7. The second-order valence-electron chi connectivity index (χ2n) is 6.81. The molecule has 7 heteroatoms. The molecule has 0 radical (unpaired) electrons. The first-order valence-corrected chi connectivity index (χ1v) is 8.85. The lowest BCUT2D eigenvalue weighted by molar-refractivity contribution is -0.141. The van der Waals surface area contributed by atoms with Crippen LogP contribution in [0.15, 0.2) is 30.5 Å². The first-order valence-electron chi connectivity index (χ1n) is 8.85. The molecule has 0 saturated heterocycles. The van der Waals surface area contributed by atoms with Crippen molar-refractivity contribution in [2.75, 3.05) is 18.9 Å². The van der Waals surface area contributed by atoms with Gasteiger partial charge in [0, 0.05) is 43.3 Å². The molecule has 2 heterocycles. The number of rotatable bonds is 5. The van der Waals surface area contributed by atoms with Gasteiger partial charge in [-0.05, 0) is 31.4 Å². The topological polar surface area (TPSA) is 87.5 Å². The van der Waals surface area contributed by atoms with Crippen LogP contribution in [0, 0.1) is 5.92 Å². The minimum atomic E-state index is -0.921. The van der Waals surface area contributed by atoms with Crippen molar-refractivity contribution < 1.29 is 14.7 Å². The SMILES string of the molecule is CC(CN(C)C(=O)Nc1cccc(-c2ncc3n2CCCC3)c1)C(=O)O. The third-order valence-corrected chi connectivity index (χ3v) is 4.69. The molecule has 2 amide bonds. The molecule has 0 fully saturated rings. The lowest BCUT2D eigenvalue weighted by atomic mass is 10.1. The third-order valence-electron chi connectivity index (χ3n) is 4.69. The lowest BCUT2D eigenvalue weighted by Crippen LogP contribution is -2.36. The maximum absolute atomic E-state index is 12.3. The number of nitrogens with one attached hydrogen (secondary N) is 1. The van der Waals surface area contributed by atoms with E-state index in [1.54, 1.807) is 14.0 Å². The summed E-state index contributed by atoms with van der Waals surface area (Å²) in [5.74, 6) is -0.618. The summed E-state index contributed by atoms with van der Waals surface area (Å²) in [7, 11) is 1.59. The Labute approximate surface area is 152 Å². The molecular formula is C19H24N4O3. The number of nitrogens with zero attached hydrogens (tertiary/aromatic N) is 3. The number of carboxylic acids is 1. The van der Waals surface area contributed by atoms with Crippen molar-refractivity contribution >= 4 is 17.7 Å². The van der Waals surface area contributed by atoms with E-state index in [4.69, 9.17) is 5.11 Å². The molecule has 1 aliphatic heterocycles. The second kappa shape index (κ2) is 7.59. The highest BCUT2D eigenvalue weighted by Crippen LogP contribution is 2.26. The molecule has 7 nitrogen and oxygen atoms in total. The van der Waals surface area contributed by atoms with Crippen LogP contribution in [0.3, 0.4) is 0 Å². The van der Waals surface area contributed by atoms with E-state index in [1.807, 2.05) is 30.5 Å². The van der Waals surface area contributed by atoms with Crippen LogP contribution in [0.25, 0.3) is 11.4 Å². The Balaban J connectivity index is 1.73. The molecule has 1 atom stereocenters. The summed E-state index contributed by atoms with van der Waals surface area (Å²) < 4.78 is 2.24. The summed E-state index contributed by atoms with van der Waals surface area (Å²) >= 11 is 0. The van der Waals surface area contributed by atoms with Crippen LogP contribution in [-0.2, 0) is 17.8 Å². The van der Waals surface area contributed by atoms with Gasteiger partial charge in [0.1, 0.15) is 5.82 Å². The van der Waals surface area contributed by atoms with Gasteiger partial charge in [0.25, 0.3) is 0 Å². The van der Waals surface area contributed by atoms with Crippen LogP contribution in [0.5, 0.6) is 0 Å². The number of hydrogen-bond acceptors (Lipinski definition) is 3. The van der Waals surface area contributed by atoms with Crippen molar-refractivity contribution in [3.05, 3.63) is 36.2 Å². The highest BCUT2D eigenvalue weighted by atomic mass is 16.4. The average molecular weight is 356 g/mol. The van der Waals surface area contributed by atoms with Gasteiger partial charge in [-0.15, -0.1) is 0 Å². The predicted octanol–water partition coefficient (Wildman–Crippen LogP) is 3.07. The maximum Gasteiger partial charge on any atom is 0.321 e. The Morgan fingerprint density at radius 1 is 1.38 bits per heavy atom. The zero-order valence-corrected chi connectivity index (χ0v) is 15.1. The van der Waals surface area contributed by atoms with Crippen LogP contribution < -0.4 is 5.32 Å². The van der Waals surface area contributed by atoms with Crippen LogP contribution in [0.4, 0.5) is 10.5 Å². The quantitative estimate of drug-likeness (QED) is 0.862. The van der Waals surface area contributed by atoms with E-state index in [0.29, 0.717) is 5.69 Å². The fourth-order valence-electron chi connectivity index (χ4n) is 3.19. The number of aromatic nitrogens is 2. The number of imidazole rings is 1. The van der Waals surface area contributed by atoms with Gasteiger partial charge in [-0.2, -0.15) is 0 Å². The fraction of sp³-hybridized carbons (Fsp3) is 0.421. The highest BCUT2D eigenvalue weighted by molar-refractivity contribution is 5.90. The molecule has 1 aromatic heterocycles. The van der Waals surface area contributed by atoms with Gasteiger partial charge < -0.3 is 19.9 Å². The number of benzene rings is 1. The molecule has 138 valence electrons. The molecule has 0 aliphatic carbocycles. The Bertz CT molecular complexity index is 815. The summed E-state index contributed by atoms with van der Waals surface area (Å²) in [5, 5.41) is 11.8. The standard InChI is InChI=1S/C19H24N4O3/c1-13(18(24)25)12-22(2)19(26)21-15-7-5-6-14(10-15)17-20-11-16-8-3-4-9-23(16)17/h5-7,10-11,13H,3-4,8-9,12H2,1-2H3,(H,21,26)(H,24,25). The number of aryl methyl sites for hydroxylation is 1. The van der Waals surface area contributed by atoms with Crippen molar-refractivity contribution in [2.45, 2.75) is 32.7 Å². The van der Waals surface area contributed by atoms with Gasteiger partial charge in [0.15, 0.2) is 0 Å². The van der Waals surface area contributed by atoms with E-state index in [2.05, 4.69) is 14.9 Å². The Hall–Kier alpha value is -2.83. The molecular weight excluding hydrogens is 332 g/mol. The number of anilines is 1. The van der Waals surface area contributed by atoms with E-state index in [-0.39, 0.29) is 12.6 Å². The monoisotopic (exact) mass is 356 g/mol. The van der Waals surface area contributed by atoms with Crippen LogP contribution >= 0.6 is 0 Å². The third kappa shape index (κ3) is 3.87. The molecule has 2 N–H and O–H groups in total. The molecule has 0 saturated carbocycles. The van der Waals surface area contributed by atoms with Gasteiger partial charge in [-0.1, -0.05) is 19.1 Å². The molecule has 26 heavy (non-hydrogen) atoms. The number of amides is 2. The average Bonchev–Trinajstić information content (AvgIpc) is 3.05. The van der Waals surface area contributed by atoms with Gasteiger partial charge in [-0.25, -0.2) is 9.78 Å². The number of aliphatic carboxylic acids is 1. The first kappa shape index (κ1) is 18.0. The zero-order valence-electron chi connectivity index (χ0n) is 15.1. The number of carbonyl (C=O) groups excluding carboxylic acids is 1. The molecule has 1 aliphatic rings. The summed E-state index contributed by atoms with van der Waals surface area (Å²) in [6.07, 6.45) is 5.33. The summed E-state index contributed by atoms with van der Waals surface area (Å²) in [6, 6.07) is 7.25. The van der Waals surface area contributed by atoms with Crippen molar-refractivity contribution in [1.29, 1.82) is 0 Å². The van der Waals surface area contributed by atoms with Gasteiger partial charge in [-0.3, -0.25) is 4.79 Å². The number of urea groups is 1. The molecule has 3 rings (SSSR count). The predicted molar refractivity (Wildman–Crippen MR) is 99.0 cm³/mol. The maximum atomic E-state index is 12.3. The Kier molecular flexibility index (Phi) is 5.25. The lowest BCUT2D eigenvalue weighted by Gasteiger charge is -2.20. The number of hydrogen-bond donors (Lipinski definition) is 2. The summed E-state index contributed by atoms with van der Waals surface area (Å²) in [6.45, 7) is 2.69. The van der Waals surface area contributed by atoms with Crippen molar-refractivity contribution in [3.63, 3.8) is 0 Å². The van der Waals surface area contributed by atoms with E-state index >= 15 is 0 Å². The summed E-state index contributed by atoms with van der Waals surface area (Å²) in [4.78, 5) is 29.2. The van der Waals surface area contributed by atoms with Crippen LogP contribution in [-0.4, -0.2) is 45.2 Å². The van der Waals surface area contributed by atoms with E-state index in [1.165, 1.54) is 17.0 Å². The largest absolute Gasteiger partial charge is 0.481 e. The molecule has 1 unspecified atom stereocenters. The molecule has 0 bridgehead atoms. The van der Waals surface area contributed by atoms with Crippen molar-refractivity contribution in [2.24, 2.45) is 5.92 Å². The fourth-order valence-corrected chi connectivity index (χ4v) is 3.19.